The van der Waals surface area contributed by atoms with E-state index >= 15 is 0 Å². The number of carbonyl (C=O) groups excluding carboxylic acids is 1. The van der Waals surface area contributed by atoms with Gasteiger partial charge in [-0.3, -0.25) is 4.79 Å². The molecule has 154 valence electrons. The molecule has 1 aliphatic carbocycles. The molecule has 1 saturated carbocycles. The number of sulfonamides is 1. The van der Waals surface area contributed by atoms with Gasteiger partial charge in [0.25, 0.3) is 5.91 Å². The molecular formula is C21H24BrN3O3S. The number of carbonyl (C=O) groups is 1. The monoisotopic (exact) mass is 477 g/mol. The third-order valence-corrected chi connectivity index (χ3v) is 7.35. The minimum Gasteiger partial charge on any atom is -0.272 e. The van der Waals surface area contributed by atoms with E-state index in [0.717, 1.165) is 42.1 Å². The van der Waals surface area contributed by atoms with Crippen molar-refractivity contribution in [3.05, 3.63) is 64.6 Å². The molecule has 0 aromatic heterocycles. The van der Waals surface area contributed by atoms with E-state index in [0.29, 0.717) is 0 Å². The van der Waals surface area contributed by atoms with Crippen molar-refractivity contribution in [3.63, 3.8) is 0 Å². The summed E-state index contributed by atoms with van der Waals surface area (Å²) in [4.78, 5) is 12.7. The minimum absolute atomic E-state index is 0.171. The highest BCUT2D eigenvalue weighted by atomic mass is 79.9. The average Bonchev–Trinajstić information content (AvgIpc) is 2.74. The van der Waals surface area contributed by atoms with Crippen molar-refractivity contribution in [3.8, 4) is 0 Å². The van der Waals surface area contributed by atoms with Gasteiger partial charge in [0.1, 0.15) is 0 Å². The van der Waals surface area contributed by atoms with Crippen LogP contribution in [0.1, 0.15) is 37.7 Å². The Morgan fingerprint density at radius 2 is 1.72 bits per heavy atom. The van der Waals surface area contributed by atoms with Crippen LogP contribution in [-0.2, 0) is 14.8 Å². The quantitative estimate of drug-likeness (QED) is 0.484. The Morgan fingerprint density at radius 1 is 1.07 bits per heavy atom. The summed E-state index contributed by atoms with van der Waals surface area (Å²) in [5.74, 6) is -0.455. The van der Waals surface area contributed by atoms with Crippen molar-refractivity contribution in [1.82, 2.24) is 9.73 Å². The lowest BCUT2D eigenvalue weighted by molar-refractivity contribution is -0.121. The molecule has 0 heterocycles. The zero-order valence-electron chi connectivity index (χ0n) is 16.0. The molecule has 1 fully saturated rings. The third-order valence-electron chi connectivity index (χ3n) is 4.90. The van der Waals surface area contributed by atoms with Crippen LogP contribution < -0.4 is 5.43 Å². The average molecular weight is 478 g/mol. The van der Waals surface area contributed by atoms with E-state index in [1.54, 1.807) is 30.3 Å². The van der Waals surface area contributed by atoms with Crippen LogP contribution in [0.3, 0.4) is 0 Å². The highest BCUT2D eigenvalue weighted by Gasteiger charge is 2.33. The van der Waals surface area contributed by atoms with E-state index in [1.807, 2.05) is 24.3 Å². The predicted octanol–water partition coefficient (Wildman–Crippen LogP) is 3.92. The van der Waals surface area contributed by atoms with Gasteiger partial charge >= 0.3 is 0 Å². The van der Waals surface area contributed by atoms with Crippen LogP contribution in [0.5, 0.6) is 0 Å². The van der Waals surface area contributed by atoms with Gasteiger partial charge in [0.2, 0.25) is 10.0 Å². The fraction of sp³-hybridized carbons (Fsp3) is 0.333. The fourth-order valence-corrected chi connectivity index (χ4v) is 5.34. The summed E-state index contributed by atoms with van der Waals surface area (Å²) in [7, 11) is -3.76. The molecule has 6 nitrogen and oxygen atoms in total. The number of rotatable bonds is 7. The molecule has 0 unspecified atom stereocenters. The zero-order valence-corrected chi connectivity index (χ0v) is 18.4. The topological polar surface area (TPSA) is 78.8 Å². The second-order valence-electron chi connectivity index (χ2n) is 7.00. The number of hydrogen-bond donors (Lipinski definition) is 1. The van der Waals surface area contributed by atoms with E-state index in [9.17, 15) is 13.2 Å². The molecule has 0 aliphatic heterocycles. The molecule has 0 saturated heterocycles. The first-order valence-corrected chi connectivity index (χ1v) is 11.8. The van der Waals surface area contributed by atoms with Crippen molar-refractivity contribution in [2.45, 2.75) is 43.0 Å². The Balaban J connectivity index is 1.72. The predicted molar refractivity (Wildman–Crippen MR) is 117 cm³/mol. The summed E-state index contributed by atoms with van der Waals surface area (Å²) in [5, 5.41) is 3.96. The maximum Gasteiger partial charge on any atom is 0.255 e. The summed E-state index contributed by atoms with van der Waals surface area (Å²) >= 11 is 3.36. The first-order valence-electron chi connectivity index (χ1n) is 9.61. The van der Waals surface area contributed by atoms with Gasteiger partial charge in [0, 0.05) is 10.5 Å². The molecule has 3 rings (SSSR count). The van der Waals surface area contributed by atoms with Crippen LogP contribution in [-0.4, -0.2) is 37.4 Å². The van der Waals surface area contributed by atoms with Gasteiger partial charge in [0.05, 0.1) is 17.7 Å². The zero-order chi connectivity index (χ0) is 20.7. The number of halogens is 1. The van der Waals surface area contributed by atoms with Crippen LogP contribution in [0.25, 0.3) is 0 Å². The van der Waals surface area contributed by atoms with Crippen LogP contribution in [0.2, 0.25) is 0 Å². The number of benzene rings is 2. The molecule has 8 heteroatoms. The van der Waals surface area contributed by atoms with Crippen LogP contribution in [0.15, 0.2) is 69.1 Å². The third kappa shape index (κ3) is 5.98. The van der Waals surface area contributed by atoms with E-state index in [1.165, 1.54) is 10.5 Å². The normalized spacial score (nSPS) is 15.7. The molecule has 1 N–H and O–H groups in total. The van der Waals surface area contributed by atoms with Crippen LogP contribution >= 0.6 is 15.9 Å². The van der Waals surface area contributed by atoms with Gasteiger partial charge in [-0.15, -0.1) is 0 Å². The Kier molecular flexibility index (Phi) is 7.57. The smallest absolute Gasteiger partial charge is 0.255 e. The summed E-state index contributed by atoms with van der Waals surface area (Å²) in [6.45, 7) is -0.250. The lowest BCUT2D eigenvalue weighted by Crippen LogP contribution is -2.46. The summed E-state index contributed by atoms with van der Waals surface area (Å²) in [6.07, 6.45) is 6.09. The van der Waals surface area contributed by atoms with Gasteiger partial charge in [0.15, 0.2) is 0 Å². The molecular weight excluding hydrogens is 454 g/mol. The van der Waals surface area contributed by atoms with Crippen LogP contribution in [0.4, 0.5) is 0 Å². The maximum absolute atomic E-state index is 13.2. The molecule has 1 amide bonds. The second-order valence-corrected chi connectivity index (χ2v) is 9.81. The van der Waals surface area contributed by atoms with Gasteiger partial charge in [-0.1, -0.05) is 65.5 Å². The Bertz CT molecular complexity index is 941. The Hall–Kier alpha value is -2.03. The number of hydrazone groups is 1. The Labute approximate surface area is 180 Å². The summed E-state index contributed by atoms with van der Waals surface area (Å²) in [6, 6.07) is 15.6. The SMILES string of the molecule is O=C(CN(C1CCCCC1)S(=O)(=O)c1ccccc1)N/N=C/c1ccc(Br)cc1. The largest absolute Gasteiger partial charge is 0.272 e. The summed E-state index contributed by atoms with van der Waals surface area (Å²) < 4.78 is 28.7. The molecule has 2 aromatic rings. The molecule has 29 heavy (non-hydrogen) atoms. The summed E-state index contributed by atoms with van der Waals surface area (Å²) in [5.41, 5.74) is 3.28. The Morgan fingerprint density at radius 3 is 2.38 bits per heavy atom. The first-order chi connectivity index (χ1) is 14.0. The van der Waals surface area contributed by atoms with E-state index in [4.69, 9.17) is 0 Å². The highest BCUT2D eigenvalue weighted by Crippen LogP contribution is 2.27. The standard InChI is InChI=1S/C21H24BrN3O3S/c22-18-13-11-17(12-14-18)15-23-24-21(26)16-25(19-7-3-1-4-8-19)29(27,28)20-9-5-2-6-10-20/h2,5-6,9-15,19H,1,3-4,7-8,16H2,(H,24,26)/b23-15+. The van der Waals surface area contributed by atoms with Crippen molar-refractivity contribution in [2.75, 3.05) is 6.54 Å². The molecule has 1 aliphatic rings. The van der Waals surface area contributed by atoms with Gasteiger partial charge < -0.3 is 0 Å². The minimum atomic E-state index is -3.76. The number of amides is 1. The van der Waals surface area contributed by atoms with Crippen LogP contribution in [0, 0.1) is 0 Å². The number of hydrogen-bond acceptors (Lipinski definition) is 4. The molecule has 2 aromatic carbocycles. The van der Waals surface area contributed by atoms with Crippen molar-refractivity contribution in [2.24, 2.45) is 5.10 Å². The van der Waals surface area contributed by atoms with E-state index in [2.05, 4.69) is 26.5 Å². The van der Waals surface area contributed by atoms with E-state index < -0.39 is 15.9 Å². The number of nitrogens with zero attached hydrogens (tertiary/aromatic N) is 2. The lowest BCUT2D eigenvalue weighted by atomic mass is 9.95. The van der Waals surface area contributed by atoms with Crippen molar-refractivity contribution < 1.29 is 13.2 Å². The molecule has 0 bridgehead atoms. The fourth-order valence-electron chi connectivity index (χ4n) is 3.41. The molecule has 0 radical (unpaired) electrons. The first kappa shape index (κ1) is 21.7. The van der Waals surface area contributed by atoms with Gasteiger partial charge in [-0.05, 0) is 42.7 Å². The lowest BCUT2D eigenvalue weighted by Gasteiger charge is -2.32. The highest BCUT2D eigenvalue weighted by molar-refractivity contribution is 9.10. The number of nitrogens with one attached hydrogen (secondary N) is 1. The van der Waals surface area contributed by atoms with Crippen molar-refractivity contribution >= 4 is 38.1 Å². The van der Waals surface area contributed by atoms with Gasteiger partial charge in [-0.25, -0.2) is 13.8 Å². The second kappa shape index (κ2) is 10.1. The molecule has 0 atom stereocenters. The van der Waals surface area contributed by atoms with Gasteiger partial charge in [-0.2, -0.15) is 9.41 Å². The maximum atomic E-state index is 13.2. The van der Waals surface area contributed by atoms with Crippen molar-refractivity contribution in [1.29, 1.82) is 0 Å². The molecule has 0 spiro atoms. The van der Waals surface area contributed by atoms with E-state index in [-0.39, 0.29) is 17.5 Å².